The number of halogens is 1. The van der Waals surface area contributed by atoms with Gasteiger partial charge in [-0.25, -0.2) is 8.91 Å². The van der Waals surface area contributed by atoms with E-state index >= 15 is 4.39 Å². The first-order chi connectivity index (χ1) is 19.0. The van der Waals surface area contributed by atoms with Crippen LogP contribution in [0.25, 0.3) is 16.9 Å². The van der Waals surface area contributed by atoms with E-state index < -0.39 is 17.7 Å². The highest BCUT2D eigenvalue weighted by atomic mass is 19.1. The summed E-state index contributed by atoms with van der Waals surface area (Å²) in [7, 11) is 1.83. The summed E-state index contributed by atoms with van der Waals surface area (Å²) >= 11 is 0. The monoisotopic (exact) mass is 545 g/mol. The van der Waals surface area contributed by atoms with Crippen LogP contribution in [-0.2, 0) is 7.05 Å². The van der Waals surface area contributed by atoms with Gasteiger partial charge in [0.1, 0.15) is 12.2 Å². The van der Waals surface area contributed by atoms with E-state index in [4.69, 9.17) is 5.73 Å². The van der Waals surface area contributed by atoms with Crippen LogP contribution in [0, 0.1) is 11.3 Å². The minimum atomic E-state index is -1.59. The number of aliphatic hydroxyl groups is 1. The zero-order valence-electron chi connectivity index (χ0n) is 22.7. The molecule has 1 aliphatic carbocycles. The average Bonchev–Trinajstić information content (AvgIpc) is 3.56. The zero-order valence-corrected chi connectivity index (χ0v) is 22.7. The number of hydrogen-bond donors (Lipinski definition) is 2. The topological polar surface area (TPSA) is 151 Å². The van der Waals surface area contributed by atoms with Crippen LogP contribution in [-0.4, -0.2) is 65.0 Å². The van der Waals surface area contributed by atoms with Crippen LogP contribution >= 0.6 is 0 Å². The summed E-state index contributed by atoms with van der Waals surface area (Å²) in [5.41, 5.74) is 8.04. The van der Waals surface area contributed by atoms with Gasteiger partial charge in [0.15, 0.2) is 0 Å². The summed E-state index contributed by atoms with van der Waals surface area (Å²) < 4.78 is 18.8. The van der Waals surface area contributed by atoms with Crippen LogP contribution in [0.15, 0.2) is 42.9 Å². The second-order valence-corrected chi connectivity index (χ2v) is 11.0. The number of anilines is 1. The minimum absolute atomic E-state index is 0.109. The normalized spacial score (nSPS) is 18.4. The first-order valence-corrected chi connectivity index (χ1v) is 13.2. The Morgan fingerprint density at radius 2 is 2.02 bits per heavy atom. The van der Waals surface area contributed by atoms with Crippen molar-refractivity contribution in [3.05, 3.63) is 59.7 Å². The molecular formula is C28H32FN9O2. The molecule has 11 nitrogen and oxygen atoms in total. The third-order valence-corrected chi connectivity index (χ3v) is 7.65. The number of pyridine rings is 1. The molecule has 5 rings (SSSR count). The molecule has 0 unspecified atom stereocenters. The average molecular weight is 546 g/mol. The molecular weight excluding hydrogens is 513 g/mol. The number of hydrogen-bond acceptors (Lipinski definition) is 8. The summed E-state index contributed by atoms with van der Waals surface area (Å²) in [5, 5.41) is 32.4. The Kier molecular flexibility index (Phi) is 7.25. The number of aryl methyl sites for hydroxylation is 1. The van der Waals surface area contributed by atoms with Gasteiger partial charge in [0, 0.05) is 31.4 Å². The van der Waals surface area contributed by atoms with Gasteiger partial charge < -0.3 is 15.7 Å². The van der Waals surface area contributed by atoms with Crippen molar-refractivity contribution in [2.75, 3.05) is 11.4 Å². The van der Waals surface area contributed by atoms with Crippen molar-refractivity contribution in [3.8, 4) is 17.5 Å². The molecule has 1 amide bonds. The molecule has 1 aliphatic rings. The van der Waals surface area contributed by atoms with Crippen molar-refractivity contribution in [2.45, 2.75) is 63.3 Å². The molecule has 40 heavy (non-hydrogen) atoms. The third-order valence-electron chi connectivity index (χ3n) is 7.65. The number of nitrogens with zero attached hydrogens (tertiary/aromatic N) is 8. The lowest BCUT2D eigenvalue weighted by Gasteiger charge is -2.40. The number of primary amides is 1. The van der Waals surface area contributed by atoms with Gasteiger partial charge in [0.05, 0.1) is 57.8 Å². The van der Waals surface area contributed by atoms with E-state index in [2.05, 4.69) is 26.5 Å². The highest BCUT2D eigenvalue weighted by molar-refractivity contribution is 5.99. The van der Waals surface area contributed by atoms with E-state index in [0.717, 1.165) is 31.4 Å². The summed E-state index contributed by atoms with van der Waals surface area (Å²) in [5.74, 6) is -0.440. The maximum absolute atomic E-state index is 15.4. The number of amides is 1. The molecule has 1 atom stereocenters. The minimum Gasteiger partial charge on any atom is -0.387 e. The van der Waals surface area contributed by atoms with Crippen LogP contribution in [0.3, 0.4) is 0 Å². The fourth-order valence-electron chi connectivity index (χ4n) is 5.34. The predicted molar refractivity (Wildman–Crippen MR) is 146 cm³/mol. The molecule has 3 N–H and O–H groups in total. The molecule has 0 spiro atoms. The van der Waals surface area contributed by atoms with Crippen LogP contribution < -0.4 is 10.6 Å². The quantitative estimate of drug-likeness (QED) is 0.343. The number of rotatable bonds is 8. The molecule has 0 bridgehead atoms. The number of aromatic nitrogens is 6. The van der Waals surface area contributed by atoms with Crippen LogP contribution in [0.5, 0.6) is 0 Å². The van der Waals surface area contributed by atoms with Crippen molar-refractivity contribution in [1.29, 1.82) is 5.26 Å². The first-order valence-electron chi connectivity index (χ1n) is 13.2. The van der Waals surface area contributed by atoms with Gasteiger partial charge in [-0.15, -0.1) is 5.10 Å². The summed E-state index contributed by atoms with van der Waals surface area (Å²) in [6, 6.07) is 9.06. The fraction of sp³-hybridized carbons (Fsp3) is 0.429. The lowest BCUT2D eigenvalue weighted by Crippen LogP contribution is -2.48. The zero-order chi connectivity index (χ0) is 28.6. The van der Waals surface area contributed by atoms with Crippen molar-refractivity contribution < 1.29 is 14.3 Å². The second kappa shape index (κ2) is 10.7. The molecule has 0 saturated heterocycles. The molecule has 1 saturated carbocycles. The van der Waals surface area contributed by atoms with E-state index in [1.807, 2.05) is 30.3 Å². The largest absolute Gasteiger partial charge is 0.387 e. The van der Waals surface area contributed by atoms with Gasteiger partial charge >= 0.3 is 0 Å². The summed E-state index contributed by atoms with van der Waals surface area (Å²) in [6.45, 7) is 2.73. The Bertz CT molecular complexity index is 1570. The number of carbonyl (C=O) groups is 1. The van der Waals surface area contributed by atoms with Crippen molar-refractivity contribution in [3.63, 3.8) is 0 Å². The third kappa shape index (κ3) is 5.37. The molecule has 4 aromatic heterocycles. The van der Waals surface area contributed by atoms with Crippen LogP contribution in [0.1, 0.15) is 67.1 Å². The van der Waals surface area contributed by atoms with Crippen molar-refractivity contribution >= 4 is 17.1 Å². The van der Waals surface area contributed by atoms with Crippen LogP contribution in [0.2, 0.25) is 0 Å². The molecule has 0 aromatic carbocycles. The highest BCUT2D eigenvalue weighted by Crippen LogP contribution is 2.38. The van der Waals surface area contributed by atoms with Crippen molar-refractivity contribution in [1.82, 2.24) is 29.6 Å². The van der Waals surface area contributed by atoms with Gasteiger partial charge in [-0.3, -0.25) is 14.5 Å². The summed E-state index contributed by atoms with van der Waals surface area (Å²) in [6.07, 6.45) is 6.28. The Balaban J connectivity index is 1.54. The second-order valence-electron chi connectivity index (χ2n) is 11.0. The molecule has 0 aliphatic heterocycles. The Morgan fingerprint density at radius 3 is 2.65 bits per heavy atom. The molecule has 208 valence electrons. The molecule has 4 heterocycles. The molecule has 4 aromatic rings. The lowest BCUT2D eigenvalue weighted by atomic mass is 9.83. The van der Waals surface area contributed by atoms with E-state index in [9.17, 15) is 15.2 Å². The highest BCUT2D eigenvalue weighted by Gasteiger charge is 2.35. The SMILES string of the molecule is Cn1cc(C2CCC(N(C[C@@H](F)C(C)(C)O)c3cc(-c4ccc5cc(C#N)cnn45)ncc3C(N)=O)CC2)nn1. The molecule has 1 fully saturated rings. The Labute approximate surface area is 231 Å². The fourth-order valence-corrected chi connectivity index (χ4v) is 5.34. The number of nitrogens with two attached hydrogens (primary N) is 1. The number of fused-ring (bicyclic) bond motifs is 1. The Morgan fingerprint density at radius 1 is 1.27 bits per heavy atom. The van der Waals surface area contributed by atoms with Crippen LogP contribution in [0.4, 0.5) is 10.1 Å². The number of carbonyl (C=O) groups excluding carboxylic acids is 1. The van der Waals surface area contributed by atoms with E-state index in [1.54, 1.807) is 21.3 Å². The molecule has 0 radical (unpaired) electrons. The van der Waals surface area contributed by atoms with Gasteiger partial charge in [-0.1, -0.05) is 5.21 Å². The predicted octanol–water partition coefficient (Wildman–Crippen LogP) is 3.14. The first kappa shape index (κ1) is 27.2. The van der Waals surface area contributed by atoms with E-state index in [-0.39, 0.29) is 24.1 Å². The van der Waals surface area contributed by atoms with Gasteiger partial charge in [-0.05, 0) is 63.8 Å². The number of alkyl halides is 1. The van der Waals surface area contributed by atoms with Gasteiger partial charge in [0.2, 0.25) is 0 Å². The standard InChI is InChI=1S/C28H32FN9O2/c1-28(2,40)26(29)16-37(19-6-4-18(5-7-19)23-15-36(3)35-34-23)25-11-22(32-14-21(25)27(31)39)24-9-8-20-10-17(12-30)13-33-38(20)24/h8-11,13-15,18-19,26,40H,4-7,16H2,1-3H3,(H2,31,39)/t18?,19?,26-/m1/s1. The molecule has 12 heteroatoms. The maximum atomic E-state index is 15.4. The smallest absolute Gasteiger partial charge is 0.252 e. The van der Waals surface area contributed by atoms with E-state index in [1.165, 1.54) is 26.2 Å². The lowest BCUT2D eigenvalue weighted by molar-refractivity contribution is -0.000441. The van der Waals surface area contributed by atoms with Crippen molar-refractivity contribution in [2.24, 2.45) is 12.8 Å². The Hall–Kier alpha value is -4.37. The maximum Gasteiger partial charge on any atom is 0.252 e. The van der Waals surface area contributed by atoms with Gasteiger partial charge in [-0.2, -0.15) is 10.4 Å². The van der Waals surface area contributed by atoms with E-state index in [0.29, 0.717) is 28.2 Å². The summed E-state index contributed by atoms with van der Waals surface area (Å²) in [4.78, 5) is 18.9. The van der Waals surface area contributed by atoms with Gasteiger partial charge in [0.25, 0.3) is 5.91 Å². The number of nitriles is 1.